The first-order chi connectivity index (χ1) is 4.31. The van der Waals surface area contributed by atoms with E-state index >= 15 is 0 Å². The lowest BCUT2D eigenvalue weighted by Gasteiger charge is -1.88. The zero-order valence-electron chi connectivity index (χ0n) is 6.15. The van der Waals surface area contributed by atoms with Crippen LogP contribution >= 0.6 is 0 Å². The Hall–Kier alpha value is -0.520. The molecule has 9 heavy (non-hydrogen) atoms. The topological polar surface area (TPSA) is 20.2 Å². The van der Waals surface area contributed by atoms with Crippen LogP contribution < -0.4 is 0 Å². The molecule has 0 fully saturated rings. The molecule has 52 valence electrons. The number of rotatable bonds is 3. The summed E-state index contributed by atoms with van der Waals surface area (Å²) in [5.74, 6) is 0. The SMILES string of the molecule is CCC=C=C(C)CCO. The van der Waals surface area contributed by atoms with E-state index < -0.39 is 0 Å². The third-order valence-electron chi connectivity index (χ3n) is 1.04. The second kappa shape index (κ2) is 5.61. The van der Waals surface area contributed by atoms with Gasteiger partial charge in [-0.2, -0.15) is 0 Å². The highest BCUT2D eigenvalue weighted by atomic mass is 16.2. The molecule has 1 N–H and O–H groups in total. The van der Waals surface area contributed by atoms with E-state index in [1.807, 2.05) is 13.0 Å². The molecule has 0 saturated heterocycles. The van der Waals surface area contributed by atoms with Crippen LogP contribution in [-0.2, 0) is 0 Å². The van der Waals surface area contributed by atoms with Gasteiger partial charge >= 0.3 is 0 Å². The van der Waals surface area contributed by atoms with Gasteiger partial charge in [-0.15, -0.1) is 5.73 Å². The number of aliphatic hydroxyl groups excluding tert-OH is 1. The monoisotopic (exact) mass is 126 g/mol. The van der Waals surface area contributed by atoms with Crippen molar-refractivity contribution in [1.82, 2.24) is 0 Å². The van der Waals surface area contributed by atoms with Crippen LogP contribution in [0, 0.1) is 0 Å². The van der Waals surface area contributed by atoms with E-state index in [0.29, 0.717) is 0 Å². The Kier molecular flexibility index (Phi) is 5.29. The Morgan fingerprint density at radius 1 is 1.67 bits per heavy atom. The van der Waals surface area contributed by atoms with Crippen LogP contribution in [0.15, 0.2) is 17.4 Å². The third-order valence-corrected chi connectivity index (χ3v) is 1.04. The van der Waals surface area contributed by atoms with Gasteiger partial charge in [0, 0.05) is 6.61 Å². The fourth-order valence-electron chi connectivity index (χ4n) is 0.516. The van der Waals surface area contributed by atoms with Crippen LogP contribution in [0.3, 0.4) is 0 Å². The average molecular weight is 126 g/mol. The van der Waals surface area contributed by atoms with Crippen molar-refractivity contribution in [2.24, 2.45) is 0 Å². The van der Waals surface area contributed by atoms with Gasteiger partial charge in [0.1, 0.15) is 0 Å². The molecule has 0 unspecified atom stereocenters. The van der Waals surface area contributed by atoms with Crippen molar-refractivity contribution in [3.8, 4) is 0 Å². The molecule has 0 saturated carbocycles. The lowest BCUT2D eigenvalue weighted by atomic mass is 10.2. The second-order valence-corrected chi connectivity index (χ2v) is 2.01. The summed E-state index contributed by atoms with van der Waals surface area (Å²) in [4.78, 5) is 0. The average Bonchev–Trinajstić information content (AvgIpc) is 1.85. The Bertz CT molecular complexity index is 119. The maximum absolute atomic E-state index is 8.46. The number of hydrogen-bond acceptors (Lipinski definition) is 1. The summed E-state index contributed by atoms with van der Waals surface area (Å²) in [5, 5.41) is 8.46. The number of hydrogen-bond donors (Lipinski definition) is 1. The Morgan fingerprint density at radius 3 is 2.78 bits per heavy atom. The van der Waals surface area contributed by atoms with Crippen molar-refractivity contribution >= 4 is 0 Å². The van der Waals surface area contributed by atoms with E-state index in [0.717, 1.165) is 18.4 Å². The first-order valence-electron chi connectivity index (χ1n) is 3.32. The van der Waals surface area contributed by atoms with Gasteiger partial charge in [0.05, 0.1) is 0 Å². The highest BCUT2D eigenvalue weighted by Gasteiger charge is 1.81. The molecule has 0 aromatic carbocycles. The highest BCUT2D eigenvalue weighted by Crippen LogP contribution is 1.94. The molecule has 1 nitrogen and oxygen atoms in total. The van der Waals surface area contributed by atoms with E-state index in [1.165, 1.54) is 0 Å². The van der Waals surface area contributed by atoms with Crippen molar-refractivity contribution < 1.29 is 5.11 Å². The van der Waals surface area contributed by atoms with Crippen LogP contribution in [0.2, 0.25) is 0 Å². The van der Waals surface area contributed by atoms with Crippen LogP contribution in [0.5, 0.6) is 0 Å². The third kappa shape index (κ3) is 5.35. The van der Waals surface area contributed by atoms with Gasteiger partial charge in [-0.3, -0.25) is 0 Å². The first-order valence-corrected chi connectivity index (χ1v) is 3.32. The predicted octanol–water partition coefficient (Wildman–Crippen LogP) is 1.88. The molecule has 0 spiro atoms. The van der Waals surface area contributed by atoms with E-state index in [-0.39, 0.29) is 6.61 Å². The molecular formula is C8H14O. The van der Waals surface area contributed by atoms with Crippen molar-refractivity contribution in [3.05, 3.63) is 17.4 Å². The van der Waals surface area contributed by atoms with Crippen molar-refractivity contribution in [1.29, 1.82) is 0 Å². The standard InChI is InChI=1S/C8H14O/c1-3-4-5-8(2)6-7-9/h4,9H,3,6-7H2,1-2H3. The van der Waals surface area contributed by atoms with Crippen molar-refractivity contribution in [2.45, 2.75) is 26.7 Å². The minimum Gasteiger partial charge on any atom is -0.396 e. The lowest BCUT2D eigenvalue weighted by molar-refractivity contribution is 0.299. The summed E-state index contributed by atoms with van der Waals surface area (Å²) in [6.07, 6.45) is 3.74. The second-order valence-electron chi connectivity index (χ2n) is 2.01. The maximum Gasteiger partial charge on any atom is 0.0474 e. The molecule has 0 radical (unpaired) electrons. The van der Waals surface area contributed by atoms with Crippen molar-refractivity contribution in [2.75, 3.05) is 6.61 Å². The minimum atomic E-state index is 0.233. The van der Waals surface area contributed by atoms with Gasteiger partial charge in [-0.1, -0.05) is 6.92 Å². The molecule has 0 atom stereocenters. The molecule has 0 aromatic rings. The fourth-order valence-corrected chi connectivity index (χ4v) is 0.516. The van der Waals surface area contributed by atoms with Crippen LogP contribution in [-0.4, -0.2) is 11.7 Å². The summed E-state index contributed by atoms with van der Waals surface area (Å²) < 4.78 is 0. The van der Waals surface area contributed by atoms with Gasteiger partial charge in [0.2, 0.25) is 0 Å². The summed E-state index contributed by atoms with van der Waals surface area (Å²) in [6, 6.07) is 0. The molecule has 0 bridgehead atoms. The molecular weight excluding hydrogens is 112 g/mol. The smallest absolute Gasteiger partial charge is 0.0474 e. The van der Waals surface area contributed by atoms with Gasteiger partial charge in [0.25, 0.3) is 0 Å². The van der Waals surface area contributed by atoms with E-state index in [1.54, 1.807) is 0 Å². The first kappa shape index (κ1) is 8.48. The normalized spacial score (nSPS) is 8.33. The lowest BCUT2D eigenvalue weighted by Crippen LogP contribution is -1.80. The molecule has 0 aliphatic heterocycles. The zero-order chi connectivity index (χ0) is 7.11. The molecule has 0 aliphatic carbocycles. The molecule has 1 heteroatoms. The molecule has 0 rings (SSSR count). The summed E-state index contributed by atoms with van der Waals surface area (Å²) in [5.41, 5.74) is 4.19. The molecule has 0 aliphatic rings. The van der Waals surface area contributed by atoms with Gasteiger partial charge in [-0.25, -0.2) is 0 Å². The summed E-state index contributed by atoms with van der Waals surface area (Å²) >= 11 is 0. The predicted molar refractivity (Wildman–Crippen MR) is 39.3 cm³/mol. The Morgan fingerprint density at radius 2 is 2.33 bits per heavy atom. The number of aliphatic hydroxyl groups is 1. The van der Waals surface area contributed by atoms with Gasteiger partial charge in [0.15, 0.2) is 0 Å². The summed E-state index contributed by atoms with van der Waals surface area (Å²) in [7, 11) is 0. The molecule has 0 heterocycles. The van der Waals surface area contributed by atoms with E-state index in [4.69, 9.17) is 5.11 Å². The largest absolute Gasteiger partial charge is 0.396 e. The van der Waals surface area contributed by atoms with Gasteiger partial charge < -0.3 is 5.11 Å². The summed E-state index contributed by atoms with van der Waals surface area (Å²) in [6.45, 7) is 4.28. The highest BCUT2D eigenvalue weighted by molar-refractivity contribution is 4.97. The maximum atomic E-state index is 8.46. The zero-order valence-corrected chi connectivity index (χ0v) is 6.15. The Balaban J connectivity index is 3.68. The molecule has 0 aromatic heterocycles. The van der Waals surface area contributed by atoms with Crippen molar-refractivity contribution in [3.63, 3.8) is 0 Å². The van der Waals surface area contributed by atoms with Crippen LogP contribution in [0.4, 0.5) is 0 Å². The van der Waals surface area contributed by atoms with Gasteiger partial charge in [-0.05, 0) is 31.4 Å². The fraction of sp³-hybridized carbons (Fsp3) is 0.625. The quantitative estimate of drug-likeness (QED) is 0.572. The van der Waals surface area contributed by atoms with Crippen LogP contribution in [0.1, 0.15) is 26.7 Å². The molecule has 0 amide bonds. The minimum absolute atomic E-state index is 0.233. The van der Waals surface area contributed by atoms with E-state index in [9.17, 15) is 0 Å². The van der Waals surface area contributed by atoms with E-state index in [2.05, 4.69) is 12.7 Å². The van der Waals surface area contributed by atoms with Crippen LogP contribution in [0.25, 0.3) is 0 Å². The Labute approximate surface area is 56.7 Å².